The lowest BCUT2D eigenvalue weighted by Crippen LogP contribution is -2.35. The number of carbonyl (C=O) groups excluding carboxylic acids is 1. The molecule has 0 radical (unpaired) electrons. The molecule has 196 valence electrons. The summed E-state index contributed by atoms with van der Waals surface area (Å²) in [5.41, 5.74) is 4.16. The number of amides is 1. The van der Waals surface area contributed by atoms with E-state index >= 15 is 0 Å². The van der Waals surface area contributed by atoms with E-state index in [1.165, 1.54) is 0 Å². The fourth-order valence-electron chi connectivity index (χ4n) is 4.74. The van der Waals surface area contributed by atoms with Gasteiger partial charge in [0.2, 0.25) is 5.43 Å². The van der Waals surface area contributed by atoms with E-state index in [0.29, 0.717) is 36.6 Å². The summed E-state index contributed by atoms with van der Waals surface area (Å²) < 4.78 is 7.34. The van der Waals surface area contributed by atoms with Crippen LogP contribution in [-0.4, -0.2) is 53.4 Å². The number of benzene rings is 3. The van der Waals surface area contributed by atoms with Crippen molar-refractivity contribution in [3.05, 3.63) is 110 Å². The summed E-state index contributed by atoms with van der Waals surface area (Å²) in [4.78, 5) is 29.3. The monoisotopic (exact) mass is 531 g/mol. The van der Waals surface area contributed by atoms with Gasteiger partial charge >= 0.3 is 0 Å². The smallest absolute Gasteiger partial charge is 0.257 e. The van der Waals surface area contributed by atoms with Crippen LogP contribution in [0.4, 0.5) is 0 Å². The molecule has 0 spiro atoms. The molecule has 0 unspecified atom stereocenters. The molecule has 1 amide bonds. The second-order valence-electron chi connectivity index (χ2n) is 9.43. The first-order chi connectivity index (χ1) is 18.5. The van der Waals surface area contributed by atoms with Crippen LogP contribution in [0, 0.1) is 0 Å². The lowest BCUT2D eigenvalue weighted by Gasteiger charge is -2.26. The number of carbonyl (C=O) groups is 1. The van der Waals surface area contributed by atoms with Gasteiger partial charge in [0.25, 0.3) is 5.91 Å². The minimum atomic E-state index is -0.439. The highest BCUT2D eigenvalue weighted by Gasteiger charge is 2.18. The van der Waals surface area contributed by atoms with Crippen molar-refractivity contribution in [2.45, 2.75) is 19.5 Å². The number of nitrogens with one attached hydrogen (secondary N) is 1. The van der Waals surface area contributed by atoms with Crippen molar-refractivity contribution in [3.8, 4) is 5.69 Å². The van der Waals surface area contributed by atoms with Crippen molar-refractivity contribution in [1.82, 2.24) is 14.8 Å². The molecule has 1 saturated heterocycles. The van der Waals surface area contributed by atoms with E-state index in [2.05, 4.69) is 10.2 Å². The predicted octanol–water partition coefficient (Wildman–Crippen LogP) is 3.94. The quantitative estimate of drug-likeness (QED) is 0.360. The van der Waals surface area contributed by atoms with Crippen molar-refractivity contribution >= 4 is 28.4 Å². The van der Waals surface area contributed by atoms with Gasteiger partial charge in [0.15, 0.2) is 0 Å². The molecule has 1 aliphatic heterocycles. The van der Waals surface area contributed by atoms with E-state index < -0.39 is 5.91 Å². The lowest BCUT2D eigenvalue weighted by molar-refractivity contribution is 0.0342. The highest BCUT2D eigenvalue weighted by Crippen LogP contribution is 2.22. The molecule has 0 atom stereocenters. The molecular formula is C30H30ClN3O4. The van der Waals surface area contributed by atoms with Gasteiger partial charge in [-0.25, -0.2) is 0 Å². The number of ether oxygens (including phenoxy) is 1. The third-order valence-corrected chi connectivity index (χ3v) is 7.03. The summed E-state index contributed by atoms with van der Waals surface area (Å²) in [5, 5.41) is 13.4. The number of aliphatic hydroxyl groups excluding tert-OH is 1. The maximum atomic E-state index is 13.7. The Morgan fingerprint density at radius 1 is 0.974 bits per heavy atom. The van der Waals surface area contributed by atoms with E-state index in [0.717, 1.165) is 41.0 Å². The molecule has 1 aliphatic rings. The molecule has 0 aliphatic carbocycles. The number of hydrogen-bond donors (Lipinski definition) is 2. The highest BCUT2D eigenvalue weighted by molar-refractivity contribution is 6.30. The normalized spacial score (nSPS) is 14.1. The molecule has 5 rings (SSSR count). The molecule has 3 aromatic carbocycles. The first-order valence-corrected chi connectivity index (χ1v) is 13.1. The summed E-state index contributed by atoms with van der Waals surface area (Å²) in [6, 6.07) is 20.9. The number of aliphatic hydroxyl groups is 1. The Hall–Kier alpha value is -3.49. The first kappa shape index (κ1) is 26.1. The standard InChI is InChI=1S/C30H30ClN3O4/c31-24-7-4-22(5-8-24)18-32-30(37)27-20-34(25-3-1-2-21(16-25)10-13-35)28-9-6-23(17-26(28)29(27)36)19-33-11-14-38-15-12-33/h1-9,16-17,20,35H,10-15,18-19H2,(H,32,37). The fraction of sp³-hybridized carbons (Fsp3) is 0.267. The van der Waals surface area contributed by atoms with Crippen LogP contribution in [0.5, 0.6) is 0 Å². The van der Waals surface area contributed by atoms with Gasteiger partial charge in [0.05, 0.1) is 18.7 Å². The summed E-state index contributed by atoms with van der Waals surface area (Å²) in [5.74, 6) is -0.439. The number of hydrogen-bond acceptors (Lipinski definition) is 5. The summed E-state index contributed by atoms with van der Waals surface area (Å²) in [6.45, 7) is 4.09. The van der Waals surface area contributed by atoms with Crippen LogP contribution in [0.15, 0.2) is 77.7 Å². The van der Waals surface area contributed by atoms with E-state index in [1.807, 2.05) is 59.2 Å². The van der Waals surface area contributed by atoms with Crippen molar-refractivity contribution < 1.29 is 14.6 Å². The molecule has 8 heteroatoms. The number of morpholine rings is 1. The number of aromatic nitrogens is 1. The van der Waals surface area contributed by atoms with Crippen molar-refractivity contribution in [1.29, 1.82) is 0 Å². The van der Waals surface area contributed by atoms with Crippen molar-refractivity contribution in [2.24, 2.45) is 0 Å². The van der Waals surface area contributed by atoms with Crippen LogP contribution in [-0.2, 0) is 24.2 Å². The minimum Gasteiger partial charge on any atom is -0.396 e. The minimum absolute atomic E-state index is 0.0393. The van der Waals surface area contributed by atoms with Gasteiger partial charge in [0, 0.05) is 55.1 Å². The van der Waals surface area contributed by atoms with E-state index in [9.17, 15) is 14.7 Å². The molecule has 38 heavy (non-hydrogen) atoms. The Bertz CT molecular complexity index is 1490. The summed E-state index contributed by atoms with van der Waals surface area (Å²) >= 11 is 5.97. The Morgan fingerprint density at radius 2 is 1.74 bits per heavy atom. The Kier molecular flexibility index (Phi) is 8.20. The zero-order valence-corrected chi connectivity index (χ0v) is 21.8. The SMILES string of the molecule is O=C(NCc1ccc(Cl)cc1)c1cn(-c2cccc(CCO)c2)c2ccc(CN3CCOCC3)cc2c1=O. The zero-order chi connectivity index (χ0) is 26.5. The molecule has 7 nitrogen and oxygen atoms in total. The van der Waals surface area contributed by atoms with Gasteiger partial charge in [0.1, 0.15) is 5.56 Å². The Labute approximate surface area is 226 Å². The van der Waals surface area contributed by atoms with Gasteiger partial charge in [-0.2, -0.15) is 0 Å². The maximum absolute atomic E-state index is 13.7. The Balaban J connectivity index is 1.55. The molecule has 2 heterocycles. The van der Waals surface area contributed by atoms with Crippen LogP contribution in [0.3, 0.4) is 0 Å². The zero-order valence-electron chi connectivity index (χ0n) is 21.0. The molecule has 1 aromatic heterocycles. The van der Waals surface area contributed by atoms with E-state index in [1.54, 1.807) is 18.3 Å². The average Bonchev–Trinajstić information content (AvgIpc) is 2.94. The highest BCUT2D eigenvalue weighted by atomic mass is 35.5. The number of pyridine rings is 1. The number of rotatable bonds is 8. The van der Waals surface area contributed by atoms with Gasteiger partial charge in [-0.05, 0) is 59.5 Å². The van der Waals surface area contributed by atoms with Gasteiger partial charge in [-0.1, -0.05) is 41.9 Å². The number of fused-ring (bicyclic) bond motifs is 1. The molecule has 4 aromatic rings. The van der Waals surface area contributed by atoms with E-state index in [4.69, 9.17) is 16.3 Å². The van der Waals surface area contributed by atoms with Crippen molar-refractivity contribution in [3.63, 3.8) is 0 Å². The molecule has 0 bridgehead atoms. The van der Waals surface area contributed by atoms with Crippen LogP contribution < -0.4 is 10.7 Å². The molecule has 1 fully saturated rings. The van der Waals surface area contributed by atoms with Gasteiger partial charge < -0.3 is 19.7 Å². The number of halogens is 1. The molecule has 2 N–H and O–H groups in total. The van der Waals surface area contributed by atoms with E-state index in [-0.39, 0.29) is 24.1 Å². The topological polar surface area (TPSA) is 83.8 Å². The van der Waals surface area contributed by atoms with Gasteiger partial charge in [-0.3, -0.25) is 14.5 Å². The summed E-state index contributed by atoms with van der Waals surface area (Å²) in [6.07, 6.45) is 2.13. The first-order valence-electron chi connectivity index (χ1n) is 12.7. The van der Waals surface area contributed by atoms with Crippen LogP contribution in [0.2, 0.25) is 5.02 Å². The third kappa shape index (κ3) is 5.97. The maximum Gasteiger partial charge on any atom is 0.257 e. The largest absolute Gasteiger partial charge is 0.396 e. The Morgan fingerprint density at radius 3 is 2.50 bits per heavy atom. The average molecular weight is 532 g/mol. The second kappa shape index (κ2) is 11.9. The lowest BCUT2D eigenvalue weighted by atomic mass is 10.1. The van der Waals surface area contributed by atoms with Crippen molar-refractivity contribution in [2.75, 3.05) is 32.9 Å². The predicted molar refractivity (Wildman–Crippen MR) is 149 cm³/mol. The second-order valence-corrected chi connectivity index (χ2v) is 9.87. The summed E-state index contributed by atoms with van der Waals surface area (Å²) in [7, 11) is 0. The van der Waals surface area contributed by atoms with Crippen LogP contribution in [0.25, 0.3) is 16.6 Å². The van der Waals surface area contributed by atoms with Crippen LogP contribution >= 0.6 is 11.6 Å². The van der Waals surface area contributed by atoms with Crippen LogP contribution in [0.1, 0.15) is 27.0 Å². The molecular weight excluding hydrogens is 502 g/mol. The van der Waals surface area contributed by atoms with Gasteiger partial charge in [-0.15, -0.1) is 0 Å². The fourth-order valence-corrected chi connectivity index (χ4v) is 4.87. The molecule has 0 saturated carbocycles. The number of nitrogens with zero attached hydrogens (tertiary/aromatic N) is 2. The third-order valence-electron chi connectivity index (χ3n) is 6.78.